The van der Waals surface area contributed by atoms with Crippen molar-refractivity contribution < 1.29 is 9.53 Å². The molecular formula is C16H21NO2S. The summed E-state index contributed by atoms with van der Waals surface area (Å²) in [4.78, 5) is 16.5. The maximum Gasteiger partial charge on any atom is 0.357 e. The molecule has 4 saturated carbocycles. The van der Waals surface area contributed by atoms with E-state index in [4.69, 9.17) is 4.74 Å². The van der Waals surface area contributed by atoms with Crippen molar-refractivity contribution in [3.8, 4) is 0 Å². The van der Waals surface area contributed by atoms with E-state index in [1.807, 2.05) is 12.3 Å². The molecule has 0 radical (unpaired) electrons. The highest BCUT2D eigenvalue weighted by Gasteiger charge is 2.53. The molecule has 0 aromatic carbocycles. The van der Waals surface area contributed by atoms with Gasteiger partial charge in [0.25, 0.3) is 0 Å². The van der Waals surface area contributed by atoms with Crippen LogP contribution in [0.2, 0.25) is 0 Å². The van der Waals surface area contributed by atoms with Gasteiger partial charge in [-0.05, 0) is 63.2 Å². The highest BCUT2D eigenvalue weighted by atomic mass is 32.1. The van der Waals surface area contributed by atoms with Crippen LogP contribution in [-0.2, 0) is 10.2 Å². The van der Waals surface area contributed by atoms with Gasteiger partial charge in [-0.1, -0.05) is 0 Å². The Hall–Kier alpha value is -0.900. The van der Waals surface area contributed by atoms with E-state index in [0.717, 1.165) is 17.8 Å². The normalized spacial score (nSPS) is 38.1. The maximum atomic E-state index is 11.8. The molecule has 4 heteroatoms. The zero-order valence-corrected chi connectivity index (χ0v) is 12.7. The van der Waals surface area contributed by atoms with Crippen molar-refractivity contribution >= 4 is 17.3 Å². The summed E-state index contributed by atoms with van der Waals surface area (Å²) >= 11 is 1.68. The molecular weight excluding hydrogens is 270 g/mol. The van der Waals surface area contributed by atoms with Crippen LogP contribution in [-0.4, -0.2) is 17.6 Å². The van der Waals surface area contributed by atoms with Crippen LogP contribution in [0, 0.1) is 17.8 Å². The maximum absolute atomic E-state index is 11.8. The lowest BCUT2D eigenvalue weighted by Gasteiger charge is -2.56. The summed E-state index contributed by atoms with van der Waals surface area (Å²) in [5, 5.41) is 3.10. The van der Waals surface area contributed by atoms with Gasteiger partial charge in [-0.25, -0.2) is 9.78 Å². The summed E-state index contributed by atoms with van der Waals surface area (Å²) in [6.07, 6.45) is 8.22. The molecule has 0 atom stereocenters. The Balaban J connectivity index is 1.62. The topological polar surface area (TPSA) is 39.2 Å². The second kappa shape index (κ2) is 4.55. The minimum absolute atomic E-state index is 0.264. The first-order chi connectivity index (χ1) is 9.68. The first-order valence-electron chi connectivity index (χ1n) is 7.81. The molecule has 0 spiro atoms. The zero-order chi connectivity index (χ0) is 13.7. The van der Waals surface area contributed by atoms with Gasteiger partial charge < -0.3 is 4.74 Å². The molecule has 1 aromatic heterocycles. The zero-order valence-electron chi connectivity index (χ0n) is 11.9. The van der Waals surface area contributed by atoms with Gasteiger partial charge in [-0.15, -0.1) is 11.3 Å². The number of hydrogen-bond donors (Lipinski definition) is 0. The number of carbonyl (C=O) groups excluding carboxylic acids is 1. The second-order valence-electron chi connectivity index (χ2n) is 6.96. The summed E-state index contributed by atoms with van der Waals surface area (Å²) < 4.78 is 5.07. The molecule has 0 amide bonds. The van der Waals surface area contributed by atoms with Crippen LogP contribution in [0.25, 0.3) is 0 Å². The van der Waals surface area contributed by atoms with Crippen molar-refractivity contribution in [3.05, 3.63) is 16.1 Å². The molecule has 0 saturated heterocycles. The van der Waals surface area contributed by atoms with E-state index in [0.29, 0.717) is 17.7 Å². The predicted octanol–water partition coefficient (Wildman–Crippen LogP) is 3.79. The van der Waals surface area contributed by atoms with Crippen molar-refractivity contribution in [2.45, 2.75) is 50.9 Å². The number of aromatic nitrogens is 1. The Kier molecular flexibility index (Phi) is 2.92. The summed E-state index contributed by atoms with van der Waals surface area (Å²) in [5.74, 6) is 2.48. The average Bonchev–Trinajstić information content (AvgIpc) is 2.87. The SMILES string of the molecule is CCOC(=O)c1csc(C23CC4CC(CC(C4)C2)C3)n1. The standard InChI is InChI=1S/C16H21NO2S/c1-2-19-14(18)13-9-20-15(17-13)16-6-10-3-11(7-16)5-12(4-10)8-16/h9-12H,2-8H2,1H3. The van der Waals surface area contributed by atoms with Gasteiger partial charge in [0, 0.05) is 10.8 Å². The van der Waals surface area contributed by atoms with Crippen LogP contribution >= 0.6 is 11.3 Å². The number of nitrogens with zero attached hydrogens (tertiary/aromatic N) is 1. The lowest BCUT2D eigenvalue weighted by molar-refractivity contribution is -0.00536. The Morgan fingerprint density at radius 3 is 2.45 bits per heavy atom. The van der Waals surface area contributed by atoms with Crippen LogP contribution in [0.15, 0.2) is 5.38 Å². The van der Waals surface area contributed by atoms with Crippen molar-refractivity contribution in [1.29, 1.82) is 0 Å². The van der Waals surface area contributed by atoms with Gasteiger partial charge >= 0.3 is 5.97 Å². The quantitative estimate of drug-likeness (QED) is 0.795. The number of esters is 1. The van der Waals surface area contributed by atoms with Gasteiger partial charge in [0.2, 0.25) is 0 Å². The lowest BCUT2D eigenvalue weighted by Crippen LogP contribution is -2.48. The number of carbonyl (C=O) groups is 1. The minimum atomic E-state index is -0.264. The van der Waals surface area contributed by atoms with E-state index in [1.54, 1.807) is 11.3 Å². The molecule has 3 nitrogen and oxygen atoms in total. The molecule has 1 heterocycles. The number of thiazole rings is 1. The monoisotopic (exact) mass is 291 g/mol. The van der Waals surface area contributed by atoms with E-state index in [9.17, 15) is 4.79 Å². The Morgan fingerprint density at radius 1 is 1.30 bits per heavy atom. The fraction of sp³-hybridized carbons (Fsp3) is 0.750. The molecule has 4 bridgehead atoms. The van der Waals surface area contributed by atoms with Gasteiger partial charge in [-0.3, -0.25) is 0 Å². The van der Waals surface area contributed by atoms with Crippen LogP contribution in [0.4, 0.5) is 0 Å². The molecule has 5 rings (SSSR count). The summed E-state index contributed by atoms with van der Waals surface area (Å²) in [5.41, 5.74) is 0.812. The van der Waals surface area contributed by atoms with Crippen LogP contribution in [0.5, 0.6) is 0 Å². The number of hydrogen-bond acceptors (Lipinski definition) is 4. The first kappa shape index (κ1) is 12.8. The van der Waals surface area contributed by atoms with Crippen LogP contribution < -0.4 is 0 Å². The van der Waals surface area contributed by atoms with E-state index < -0.39 is 0 Å². The van der Waals surface area contributed by atoms with Gasteiger partial charge in [-0.2, -0.15) is 0 Å². The third-order valence-corrected chi connectivity index (χ3v) is 6.57. The molecule has 0 N–H and O–H groups in total. The Bertz CT molecular complexity index is 501. The van der Waals surface area contributed by atoms with Crippen molar-refractivity contribution in [1.82, 2.24) is 4.98 Å². The summed E-state index contributed by atoms with van der Waals surface area (Å²) in [7, 11) is 0. The van der Waals surface area contributed by atoms with Gasteiger partial charge in [0.05, 0.1) is 11.6 Å². The van der Waals surface area contributed by atoms with Crippen molar-refractivity contribution in [2.24, 2.45) is 17.8 Å². The van der Waals surface area contributed by atoms with Crippen LogP contribution in [0.3, 0.4) is 0 Å². The first-order valence-corrected chi connectivity index (χ1v) is 8.69. The Morgan fingerprint density at radius 2 is 1.90 bits per heavy atom. The number of rotatable bonds is 3. The van der Waals surface area contributed by atoms with E-state index >= 15 is 0 Å². The Labute approximate surface area is 123 Å². The highest BCUT2D eigenvalue weighted by molar-refractivity contribution is 7.10. The smallest absolute Gasteiger partial charge is 0.357 e. The molecule has 4 fully saturated rings. The third kappa shape index (κ3) is 1.92. The molecule has 0 unspecified atom stereocenters. The van der Waals surface area contributed by atoms with E-state index in [1.165, 1.54) is 43.5 Å². The molecule has 4 aliphatic rings. The van der Waals surface area contributed by atoms with Crippen LogP contribution in [0.1, 0.15) is 60.9 Å². The fourth-order valence-corrected chi connectivity index (χ4v) is 6.21. The number of ether oxygens (including phenoxy) is 1. The van der Waals surface area contributed by atoms with Gasteiger partial charge in [0.1, 0.15) is 0 Å². The predicted molar refractivity (Wildman–Crippen MR) is 77.9 cm³/mol. The highest BCUT2D eigenvalue weighted by Crippen LogP contribution is 2.61. The molecule has 108 valence electrons. The molecule has 4 aliphatic carbocycles. The largest absolute Gasteiger partial charge is 0.461 e. The minimum Gasteiger partial charge on any atom is -0.461 e. The van der Waals surface area contributed by atoms with Crippen molar-refractivity contribution in [3.63, 3.8) is 0 Å². The average molecular weight is 291 g/mol. The molecule has 20 heavy (non-hydrogen) atoms. The van der Waals surface area contributed by atoms with Crippen molar-refractivity contribution in [2.75, 3.05) is 6.61 Å². The molecule has 1 aromatic rings. The second-order valence-corrected chi connectivity index (χ2v) is 7.81. The summed E-state index contributed by atoms with van der Waals surface area (Å²) in [6, 6.07) is 0. The van der Waals surface area contributed by atoms with E-state index in [2.05, 4.69) is 4.98 Å². The fourth-order valence-electron chi connectivity index (χ4n) is 5.19. The summed E-state index contributed by atoms with van der Waals surface area (Å²) in [6.45, 7) is 2.26. The van der Waals surface area contributed by atoms with Gasteiger partial charge in [0.15, 0.2) is 5.69 Å². The lowest BCUT2D eigenvalue weighted by atomic mass is 9.50. The molecule has 0 aliphatic heterocycles. The van der Waals surface area contributed by atoms with E-state index in [-0.39, 0.29) is 5.97 Å². The third-order valence-electron chi connectivity index (χ3n) is 5.48.